The molecule has 1 unspecified atom stereocenters. The van der Waals surface area contributed by atoms with Gasteiger partial charge in [-0.05, 0) is 55.6 Å². The highest BCUT2D eigenvalue weighted by atomic mass is 19.4. The lowest BCUT2D eigenvalue weighted by atomic mass is 10.0. The second-order valence-corrected chi connectivity index (χ2v) is 7.28. The molecular weight excluding hydrogens is 478 g/mol. The van der Waals surface area contributed by atoms with Crippen LogP contribution in [0.3, 0.4) is 0 Å². The normalized spacial score (nSPS) is 13.4. The summed E-state index contributed by atoms with van der Waals surface area (Å²) in [6.07, 6.45) is -10.7. The third-order valence-electron chi connectivity index (χ3n) is 4.67. The van der Waals surface area contributed by atoms with E-state index >= 15 is 0 Å². The highest BCUT2D eigenvalue weighted by Gasteiger charge is 2.33. The van der Waals surface area contributed by atoms with Crippen LogP contribution >= 0.6 is 0 Å². The van der Waals surface area contributed by atoms with Crippen LogP contribution in [0.5, 0.6) is 11.5 Å². The summed E-state index contributed by atoms with van der Waals surface area (Å²) in [6.45, 7) is -3.64. The Labute approximate surface area is 191 Å². The molecule has 0 saturated heterocycles. The minimum Gasteiger partial charge on any atom is -0.464 e. The number of hydrogen-bond donors (Lipinski definition) is 0. The zero-order chi connectivity index (χ0) is 25.4. The van der Waals surface area contributed by atoms with Crippen molar-refractivity contribution in [1.29, 1.82) is 0 Å². The van der Waals surface area contributed by atoms with Crippen LogP contribution in [0.2, 0.25) is 0 Å². The van der Waals surface area contributed by atoms with Gasteiger partial charge < -0.3 is 9.47 Å². The molecule has 0 spiro atoms. The highest BCUT2D eigenvalue weighted by Crippen LogP contribution is 2.27. The molecule has 34 heavy (non-hydrogen) atoms. The van der Waals surface area contributed by atoms with Crippen molar-refractivity contribution in [2.24, 2.45) is 0 Å². The van der Waals surface area contributed by atoms with Crippen LogP contribution in [0.1, 0.15) is 24.0 Å². The van der Waals surface area contributed by atoms with Gasteiger partial charge in [0.15, 0.2) is 0 Å². The van der Waals surface area contributed by atoms with Gasteiger partial charge in [-0.3, -0.25) is 4.74 Å². The molecule has 190 valence electrons. The van der Waals surface area contributed by atoms with E-state index in [1.165, 1.54) is 18.2 Å². The monoisotopic (exact) mass is 501 g/mol. The second kappa shape index (κ2) is 12.2. The minimum absolute atomic E-state index is 0.122. The van der Waals surface area contributed by atoms with E-state index in [1.54, 1.807) is 24.3 Å². The van der Waals surface area contributed by atoms with Crippen LogP contribution in [0.4, 0.5) is 35.1 Å². The quantitative estimate of drug-likeness (QED) is 0.188. The van der Waals surface area contributed by atoms with Crippen molar-refractivity contribution >= 4 is 0 Å². The van der Waals surface area contributed by atoms with Gasteiger partial charge in [-0.15, -0.1) is 13.2 Å². The third kappa shape index (κ3) is 10.1. The van der Waals surface area contributed by atoms with Gasteiger partial charge in [0.2, 0.25) is 6.29 Å². The number of hydrogen-bond acceptors (Lipinski definition) is 4. The zero-order valence-corrected chi connectivity index (χ0v) is 18.0. The first-order chi connectivity index (χ1) is 15.8. The Kier molecular flexibility index (Phi) is 9.92. The SMILES string of the molecule is CN(CCCC(Oc1ccccc1CCc1cccc(OC(F)(F)F)c1)OC(F)F)C(F)(F)F. The number of para-hydroxylation sites is 1. The predicted molar refractivity (Wildman–Crippen MR) is 106 cm³/mol. The van der Waals surface area contributed by atoms with Crippen LogP contribution in [0.25, 0.3) is 0 Å². The van der Waals surface area contributed by atoms with Crippen molar-refractivity contribution in [2.45, 2.75) is 51.2 Å². The summed E-state index contributed by atoms with van der Waals surface area (Å²) in [7, 11) is 0.841. The standard InChI is InChI=1S/C22H23F8NO3/c1-31(21(25,26)27)13-5-10-19(33-20(23)24)32-18-9-3-2-7-16(18)12-11-15-6-4-8-17(14-15)34-22(28,29)30/h2-4,6-9,14,19-20H,5,10-13H2,1H3. The van der Waals surface area contributed by atoms with Crippen LogP contribution in [-0.2, 0) is 17.6 Å². The van der Waals surface area contributed by atoms with Crippen LogP contribution in [0.15, 0.2) is 48.5 Å². The van der Waals surface area contributed by atoms with Crippen molar-refractivity contribution in [3.05, 3.63) is 59.7 Å². The molecule has 0 aromatic heterocycles. The van der Waals surface area contributed by atoms with Gasteiger partial charge >= 0.3 is 19.3 Å². The van der Waals surface area contributed by atoms with Gasteiger partial charge in [0.05, 0.1) is 0 Å². The molecule has 0 amide bonds. The molecule has 0 fully saturated rings. The molecule has 12 heteroatoms. The van der Waals surface area contributed by atoms with Crippen LogP contribution in [-0.4, -0.2) is 44.1 Å². The molecule has 0 aliphatic rings. The van der Waals surface area contributed by atoms with E-state index in [1.807, 2.05) is 0 Å². The van der Waals surface area contributed by atoms with E-state index in [-0.39, 0.29) is 42.1 Å². The average Bonchev–Trinajstić information content (AvgIpc) is 2.71. The number of alkyl halides is 8. The molecule has 0 aliphatic heterocycles. The number of aryl methyl sites for hydroxylation is 2. The molecule has 0 saturated carbocycles. The maximum absolute atomic E-state index is 12.8. The summed E-state index contributed by atoms with van der Waals surface area (Å²) < 4.78 is 114. The van der Waals surface area contributed by atoms with Gasteiger partial charge in [-0.2, -0.15) is 22.0 Å². The molecule has 0 aliphatic carbocycles. The fourth-order valence-electron chi connectivity index (χ4n) is 3.04. The molecule has 0 radical (unpaired) electrons. The van der Waals surface area contributed by atoms with Crippen molar-refractivity contribution in [2.75, 3.05) is 13.6 Å². The van der Waals surface area contributed by atoms with Crippen molar-refractivity contribution in [1.82, 2.24) is 4.90 Å². The van der Waals surface area contributed by atoms with Crippen molar-refractivity contribution in [3.63, 3.8) is 0 Å². The van der Waals surface area contributed by atoms with E-state index in [0.717, 1.165) is 13.1 Å². The third-order valence-corrected chi connectivity index (χ3v) is 4.67. The lowest BCUT2D eigenvalue weighted by Gasteiger charge is -2.23. The van der Waals surface area contributed by atoms with Crippen LogP contribution in [0, 0.1) is 0 Å². The Morgan fingerprint density at radius 3 is 2.26 bits per heavy atom. The topological polar surface area (TPSA) is 30.9 Å². The Morgan fingerprint density at radius 1 is 0.912 bits per heavy atom. The number of nitrogens with zero attached hydrogens (tertiary/aromatic N) is 1. The predicted octanol–water partition coefficient (Wildman–Crippen LogP) is 6.55. The van der Waals surface area contributed by atoms with E-state index in [0.29, 0.717) is 11.1 Å². The Balaban J connectivity index is 2.03. The highest BCUT2D eigenvalue weighted by molar-refractivity contribution is 5.35. The smallest absolute Gasteiger partial charge is 0.464 e. The molecule has 0 bridgehead atoms. The van der Waals surface area contributed by atoms with Gasteiger partial charge in [0, 0.05) is 13.0 Å². The summed E-state index contributed by atoms with van der Waals surface area (Å²) in [5.74, 6) is -0.191. The minimum atomic E-state index is -4.83. The largest absolute Gasteiger partial charge is 0.573 e. The molecule has 1 atom stereocenters. The van der Waals surface area contributed by atoms with Crippen LogP contribution < -0.4 is 9.47 Å². The van der Waals surface area contributed by atoms with E-state index in [4.69, 9.17) is 4.74 Å². The summed E-state index contributed by atoms with van der Waals surface area (Å²) >= 11 is 0. The number of ether oxygens (including phenoxy) is 3. The molecule has 4 nitrogen and oxygen atoms in total. The van der Waals surface area contributed by atoms with Gasteiger partial charge in [0.25, 0.3) is 0 Å². The lowest BCUT2D eigenvalue weighted by molar-refractivity contribution is -0.274. The molecule has 2 aromatic carbocycles. The Hall–Kier alpha value is -2.60. The fraction of sp³-hybridized carbons (Fsp3) is 0.455. The molecule has 2 rings (SSSR count). The van der Waals surface area contributed by atoms with Crippen molar-refractivity contribution < 1.29 is 49.3 Å². The van der Waals surface area contributed by atoms with Gasteiger partial charge in [-0.25, -0.2) is 4.90 Å². The summed E-state index contributed by atoms with van der Waals surface area (Å²) in [5, 5.41) is 0. The molecular formula is C22H23F8NO3. The maximum Gasteiger partial charge on any atom is 0.573 e. The lowest BCUT2D eigenvalue weighted by Crippen LogP contribution is -2.35. The average molecular weight is 501 g/mol. The molecule has 2 aromatic rings. The van der Waals surface area contributed by atoms with Gasteiger partial charge in [-0.1, -0.05) is 30.3 Å². The second-order valence-electron chi connectivity index (χ2n) is 7.28. The number of benzene rings is 2. The summed E-state index contributed by atoms with van der Waals surface area (Å²) in [5.41, 5.74) is 1.09. The first kappa shape index (κ1) is 27.6. The number of halogens is 8. The van der Waals surface area contributed by atoms with E-state index in [9.17, 15) is 35.1 Å². The first-order valence-electron chi connectivity index (χ1n) is 10.1. The fourth-order valence-corrected chi connectivity index (χ4v) is 3.04. The Morgan fingerprint density at radius 2 is 1.62 bits per heavy atom. The Bertz CT molecular complexity index is 889. The maximum atomic E-state index is 12.8. The van der Waals surface area contributed by atoms with E-state index < -0.39 is 32.1 Å². The zero-order valence-electron chi connectivity index (χ0n) is 18.0. The van der Waals surface area contributed by atoms with Crippen molar-refractivity contribution in [3.8, 4) is 11.5 Å². The summed E-state index contributed by atoms with van der Waals surface area (Å²) in [6, 6.07) is 11.8. The number of rotatable bonds is 12. The van der Waals surface area contributed by atoms with Gasteiger partial charge in [0.1, 0.15) is 11.5 Å². The first-order valence-corrected chi connectivity index (χ1v) is 10.1. The molecule has 0 N–H and O–H groups in total. The summed E-state index contributed by atoms with van der Waals surface area (Å²) in [4.78, 5) is 0.122. The van der Waals surface area contributed by atoms with E-state index in [2.05, 4.69) is 9.47 Å². The molecule has 0 heterocycles.